The van der Waals surface area contributed by atoms with E-state index in [0.717, 1.165) is 36.4 Å². The van der Waals surface area contributed by atoms with Crippen molar-refractivity contribution >= 4 is 0 Å². The van der Waals surface area contributed by atoms with Gasteiger partial charge in [-0.05, 0) is 47.0 Å². The van der Waals surface area contributed by atoms with Crippen molar-refractivity contribution in [2.75, 3.05) is 0 Å². The van der Waals surface area contributed by atoms with Gasteiger partial charge in [0, 0.05) is 6.54 Å². The lowest BCUT2D eigenvalue weighted by Gasteiger charge is -2.12. The molecule has 0 atom stereocenters. The van der Waals surface area contributed by atoms with E-state index in [1.165, 1.54) is 6.07 Å². The molecule has 7 heteroatoms. The zero-order chi connectivity index (χ0) is 16.5. The van der Waals surface area contributed by atoms with E-state index in [2.05, 4.69) is 0 Å². The van der Waals surface area contributed by atoms with Gasteiger partial charge in [0.25, 0.3) is 0 Å². The van der Waals surface area contributed by atoms with Crippen LogP contribution in [0.5, 0.6) is 0 Å². The Morgan fingerprint density at radius 2 is 1.23 bits per heavy atom. The highest BCUT2D eigenvalue weighted by molar-refractivity contribution is 5.66. The van der Waals surface area contributed by atoms with Gasteiger partial charge in [0.2, 0.25) is 0 Å². The Morgan fingerprint density at radius 1 is 0.682 bits per heavy atom. The van der Waals surface area contributed by atoms with Crippen molar-refractivity contribution < 1.29 is 26.3 Å². The summed E-state index contributed by atoms with van der Waals surface area (Å²) in [6.07, 6.45) is -9.04. The van der Waals surface area contributed by atoms with Crippen LogP contribution in [-0.2, 0) is 18.9 Å². The third-order valence-corrected chi connectivity index (χ3v) is 3.10. The molecule has 0 spiro atoms. The number of alkyl halides is 6. The van der Waals surface area contributed by atoms with Crippen molar-refractivity contribution in [2.45, 2.75) is 18.9 Å². The smallest absolute Gasteiger partial charge is 0.326 e. The lowest BCUT2D eigenvalue weighted by atomic mass is 9.98. The lowest BCUT2D eigenvalue weighted by molar-refractivity contribution is -0.138. The Labute approximate surface area is 122 Å². The number of benzene rings is 2. The zero-order valence-corrected chi connectivity index (χ0v) is 11.1. The van der Waals surface area contributed by atoms with Crippen molar-refractivity contribution in [3.8, 4) is 11.1 Å². The van der Waals surface area contributed by atoms with E-state index in [4.69, 9.17) is 5.73 Å². The summed E-state index contributed by atoms with van der Waals surface area (Å²) >= 11 is 0. The van der Waals surface area contributed by atoms with Gasteiger partial charge in [0.05, 0.1) is 11.1 Å². The first-order chi connectivity index (χ1) is 10.1. The summed E-state index contributed by atoms with van der Waals surface area (Å²) < 4.78 is 76.0. The molecular formula is C15H11F6N. The predicted octanol–water partition coefficient (Wildman–Crippen LogP) is 4.85. The minimum atomic E-state index is -4.55. The fraction of sp³-hybridized carbons (Fsp3) is 0.200. The van der Waals surface area contributed by atoms with Crippen LogP contribution >= 0.6 is 0 Å². The van der Waals surface area contributed by atoms with Crippen LogP contribution in [0.2, 0.25) is 0 Å². The van der Waals surface area contributed by atoms with E-state index in [9.17, 15) is 26.3 Å². The monoisotopic (exact) mass is 319 g/mol. The van der Waals surface area contributed by atoms with Crippen LogP contribution in [0, 0.1) is 0 Å². The number of halogens is 6. The number of rotatable bonds is 2. The first-order valence-corrected chi connectivity index (χ1v) is 6.20. The van der Waals surface area contributed by atoms with E-state index in [-0.39, 0.29) is 23.2 Å². The molecule has 0 saturated heterocycles. The first kappa shape index (κ1) is 16.4. The Morgan fingerprint density at radius 3 is 1.68 bits per heavy atom. The van der Waals surface area contributed by atoms with Crippen LogP contribution in [0.3, 0.4) is 0 Å². The second-order valence-electron chi connectivity index (χ2n) is 4.70. The molecule has 118 valence electrons. The molecule has 0 saturated carbocycles. The molecule has 0 aromatic heterocycles. The molecule has 0 amide bonds. The zero-order valence-electron chi connectivity index (χ0n) is 11.1. The van der Waals surface area contributed by atoms with Crippen molar-refractivity contribution in [1.82, 2.24) is 0 Å². The van der Waals surface area contributed by atoms with Gasteiger partial charge < -0.3 is 5.73 Å². The molecule has 1 nitrogen and oxygen atoms in total. The summed E-state index contributed by atoms with van der Waals surface area (Å²) in [5.41, 5.74) is 4.31. The second kappa shape index (κ2) is 5.64. The molecule has 0 unspecified atom stereocenters. The lowest BCUT2D eigenvalue weighted by Crippen LogP contribution is -2.08. The van der Waals surface area contributed by atoms with Gasteiger partial charge in [-0.15, -0.1) is 0 Å². The molecule has 2 N–H and O–H groups in total. The summed E-state index contributed by atoms with van der Waals surface area (Å²) in [6.45, 7) is -0.0996. The van der Waals surface area contributed by atoms with Crippen molar-refractivity contribution in [3.05, 3.63) is 59.2 Å². The number of hydrogen-bond acceptors (Lipinski definition) is 1. The standard InChI is InChI=1S/C15H11F6N/c16-14(17,18)12-3-1-10(2-4-12)11-5-9(8-22)6-13(7-11)15(19,20)21/h1-7H,8,22H2. The average molecular weight is 319 g/mol. The number of nitrogens with two attached hydrogens (primary N) is 1. The Bertz CT molecular complexity index is 655. The predicted molar refractivity (Wildman–Crippen MR) is 69.8 cm³/mol. The van der Waals surface area contributed by atoms with Crippen LogP contribution in [0.4, 0.5) is 26.3 Å². The second-order valence-corrected chi connectivity index (χ2v) is 4.70. The maximum absolute atomic E-state index is 12.8. The molecule has 2 aromatic rings. The Kier molecular flexibility index (Phi) is 4.19. The molecule has 0 bridgehead atoms. The fourth-order valence-electron chi connectivity index (χ4n) is 1.99. The highest BCUT2D eigenvalue weighted by atomic mass is 19.4. The summed E-state index contributed by atoms with van der Waals surface area (Å²) in [5.74, 6) is 0. The van der Waals surface area contributed by atoms with Gasteiger partial charge in [0.1, 0.15) is 0 Å². The van der Waals surface area contributed by atoms with Gasteiger partial charge in [-0.3, -0.25) is 0 Å². The van der Waals surface area contributed by atoms with E-state index in [0.29, 0.717) is 0 Å². The fourth-order valence-corrected chi connectivity index (χ4v) is 1.99. The molecule has 2 aromatic carbocycles. The van der Waals surface area contributed by atoms with E-state index in [1.807, 2.05) is 0 Å². The molecule has 0 heterocycles. The van der Waals surface area contributed by atoms with Crippen molar-refractivity contribution in [1.29, 1.82) is 0 Å². The molecule has 0 radical (unpaired) electrons. The summed E-state index contributed by atoms with van der Waals surface area (Å²) in [7, 11) is 0. The van der Waals surface area contributed by atoms with Crippen LogP contribution in [0.1, 0.15) is 16.7 Å². The molecule has 22 heavy (non-hydrogen) atoms. The van der Waals surface area contributed by atoms with E-state index < -0.39 is 23.5 Å². The van der Waals surface area contributed by atoms with Gasteiger partial charge in [-0.1, -0.05) is 12.1 Å². The van der Waals surface area contributed by atoms with Crippen LogP contribution in [-0.4, -0.2) is 0 Å². The van der Waals surface area contributed by atoms with Gasteiger partial charge in [0.15, 0.2) is 0 Å². The minimum absolute atomic E-state index is 0.0996. The van der Waals surface area contributed by atoms with E-state index >= 15 is 0 Å². The van der Waals surface area contributed by atoms with Gasteiger partial charge in [-0.25, -0.2) is 0 Å². The molecule has 0 aliphatic rings. The topological polar surface area (TPSA) is 26.0 Å². The molecule has 0 aliphatic heterocycles. The largest absolute Gasteiger partial charge is 0.416 e. The molecular weight excluding hydrogens is 308 g/mol. The molecule has 0 fully saturated rings. The first-order valence-electron chi connectivity index (χ1n) is 6.20. The van der Waals surface area contributed by atoms with Gasteiger partial charge in [-0.2, -0.15) is 26.3 Å². The van der Waals surface area contributed by atoms with E-state index in [1.54, 1.807) is 0 Å². The highest BCUT2D eigenvalue weighted by Crippen LogP contribution is 2.35. The highest BCUT2D eigenvalue weighted by Gasteiger charge is 2.32. The molecule has 2 rings (SSSR count). The maximum Gasteiger partial charge on any atom is 0.416 e. The third kappa shape index (κ3) is 3.59. The summed E-state index contributed by atoms with van der Waals surface area (Å²) in [4.78, 5) is 0. The summed E-state index contributed by atoms with van der Waals surface area (Å²) in [6, 6.07) is 7.18. The van der Waals surface area contributed by atoms with Gasteiger partial charge >= 0.3 is 12.4 Å². The van der Waals surface area contributed by atoms with Crippen molar-refractivity contribution in [2.24, 2.45) is 5.73 Å². The van der Waals surface area contributed by atoms with Crippen LogP contribution in [0.25, 0.3) is 11.1 Å². The number of hydrogen-bond donors (Lipinski definition) is 1. The SMILES string of the molecule is NCc1cc(-c2ccc(C(F)(F)F)cc2)cc(C(F)(F)F)c1. The quantitative estimate of drug-likeness (QED) is 0.787. The average Bonchev–Trinajstić information content (AvgIpc) is 2.45. The summed E-state index contributed by atoms with van der Waals surface area (Å²) in [5, 5.41) is 0. The minimum Gasteiger partial charge on any atom is -0.326 e. The molecule has 0 aliphatic carbocycles. The van der Waals surface area contributed by atoms with Crippen molar-refractivity contribution in [3.63, 3.8) is 0 Å². The Balaban J connectivity index is 2.48. The van der Waals surface area contributed by atoms with Crippen LogP contribution < -0.4 is 5.73 Å². The normalized spacial score (nSPS) is 12.5. The maximum atomic E-state index is 12.8. The van der Waals surface area contributed by atoms with Crippen LogP contribution in [0.15, 0.2) is 42.5 Å². The Hall–Kier alpha value is -2.02. The third-order valence-electron chi connectivity index (χ3n) is 3.10.